The molecular weight excluding hydrogens is 206 g/mol. The molecule has 1 aromatic rings. The fraction of sp³-hybridized carbons (Fsp3) is 0.500. The Kier molecular flexibility index (Phi) is 4.82. The maximum atomic E-state index is 5.98. The predicted molar refractivity (Wildman–Crippen MR) is 67.6 cm³/mol. The Morgan fingerprint density at radius 1 is 1.47 bits per heavy atom. The van der Waals surface area contributed by atoms with Crippen LogP contribution in [0.25, 0.3) is 0 Å². The van der Waals surface area contributed by atoms with Gasteiger partial charge in [-0.1, -0.05) is 26.3 Å². The molecule has 1 rings (SSSR count). The van der Waals surface area contributed by atoms with Crippen molar-refractivity contribution in [1.82, 2.24) is 0 Å². The van der Waals surface area contributed by atoms with E-state index in [0.717, 1.165) is 28.0 Å². The number of nitrogen functional groups attached to an aromatic ring is 1. The van der Waals surface area contributed by atoms with Gasteiger partial charge >= 0.3 is 0 Å². The summed E-state index contributed by atoms with van der Waals surface area (Å²) in [6.45, 7) is 4.46. The van der Waals surface area contributed by atoms with E-state index in [-0.39, 0.29) is 0 Å². The van der Waals surface area contributed by atoms with Gasteiger partial charge in [-0.2, -0.15) is 0 Å². The highest BCUT2D eigenvalue weighted by Crippen LogP contribution is 2.33. The first kappa shape index (κ1) is 12.2. The molecule has 0 fully saturated rings. The van der Waals surface area contributed by atoms with Gasteiger partial charge in [0.05, 0.1) is 12.8 Å². The van der Waals surface area contributed by atoms with E-state index in [4.69, 9.17) is 10.5 Å². The van der Waals surface area contributed by atoms with Gasteiger partial charge in [-0.15, -0.1) is 11.8 Å². The van der Waals surface area contributed by atoms with Crippen molar-refractivity contribution in [1.29, 1.82) is 0 Å². The average molecular weight is 225 g/mol. The highest BCUT2D eigenvalue weighted by molar-refractivity contribution is 7.99. The topological polar surface area (TPSA) is 35.2 Å². The van der Waals surface area contributed by atoms with Gasteiger partial charge in [0.15, 0.2) is 0 Å². The van der Waals surface area contributed by atoms with Crippen molar-refractivity contribution in [3.8, 4) is 5.75 Å². The van der Waals surface area contributed by atoms with Crippen LogP contribution in [0.15, 0.2) is 23.1 Å². The van der Waals surface area contributed by atoms with Crippen molar-refractivity contribution in [3.63, 3.8) is 0 Å². The SMILES string of the molecule is CCC(C)CSc1cccc(OC)c1N. The third-order valence-electron chi connectivity index (χ3n) is 2.47. The maximum absolute atomic E-state index is 5.98. The van der Waals surface area contributed by atoms with E-state index in [9.17, 15) is 0 Å². The lowest BCUT2D eigenvalue weighted by molar-refractivity contribution is 0.416. The van der Waals surface area contributed by atoms with Crippen molar-refractivity contribution in [2.24, 2.45) is 5.92 Å². The van der Waals surface area contributed by atoms with Crippen LogP contribution in [0.4, 0.5) is 5.69 Å². The summed E-state index contributed by atoms with van der Waals surface area (Å²) in [7, 11) is 1.65. The second-order valence-corrected chi connectivity index (χ2v) is 4.76. The second-order valence-electron chi connectivity index (χ2n) is 3.70. The molecule has 0 amide bonds. The molecule has 0 aliphatic carbocycles. The quantitative estimate of drug-likeness (QED) is 0.616. The summed E-state index contributed by atoms with van der Waals surface area (Å²) in [5, 5.41) is 0. The number of para-hydroxylation sites is 1. The van der Waals surface area contributed by atoms with E-state index < -0.39 is 0 Å². The molecular formula is C12H19NOS. The summed E-state index contributed by atoms with van der Waals surface area (Å²) in [4.78, 5) is 1.12. The van der Waals surface area contributed by atoms with Crippen molar-refractivity contribution < 1.29 is 4.74 Å². The normalized spacial score (nSPS) is 12.5. The number of nitrogens with two attached hydrogens (primary N) is 1. The molecule has 1 atom stereocenters. The molecule has 2 N–H and O–H groups in total. The third kappa shape index (κ3) is 3.34. The number of thioether (sulfide) groups is 1. The summed E-state index contributed by atoms with van der Waals surface area (Å²) >= 11 is 1.80. The van der Waals surface area contributed by atoms with Crippen molar-refractivity contribution in [2.75, 3.05) is 18.6 Å². The van der Waals surface area contributed by atoms with Crippen molar-refractivity contribution >= 4 is 17.4 Å². The minimum absolute atomic E-state index is 0.723. The van der Waals surface area contributed by atoms with E-state index in [2.05, 4.69) is 13.8 Å². The molecule has 2 nitrogen and oxygen atoms in total. The van der Waals surface area contributed by atoms with Gasteiger partial charge in [0.2, 0.25) is 0 Å². The van der Waals surface area contributed by atoms with Crippen LogP contribution in [0.2, 0.25) is 0 Å². The standard InChI is InChI=1S/C12H19NOS/c1-4-9(2)8-15-11-7-5-6-10(14-3)12(11)13/h5-7,9H,4,8,13H2,1-3H3. The third-order valence-corrected chi connectivity index (χ3v) is 3.87. The molecule has 0 saturated carbocycles. The van der Waals surface area contributed by atoms with Crippen LogP contribution in [-0.2, 0) is 0 Å². The largest absolute Gasteiger partial charge is 0.495 e. The highest BCUT2D eigenvalue weighted by Gasteiger charge is 2.07. The summed E-state index contributed by atoms with van der Waals surface area (Å²) in [6, 6.07) is 5.92. The molecule has 0 heterocycles. The summed E-state index contributed by atoms with van der Waals surface area (Å²) in [5.41, 5.74) is 6.73. The Balaban J connectivity index is 2.68. The minimum Gasteiger partial charge on any atom is -0.495 e. The molecule has 3 heteroatoms. The molecule has 1 unspecified atom stereocenters. The number of hydrogen-bond acceptors (Lipinski definition) is 3. The Labute approximate surface area is 96.2 Å². The maximum Gasteiger partial charge on any atom is 0.142 e. The van der Waals surface area contributed by atoms with Gasteiger partial charge in [0.1, 0.15) is 5.75 Å². The Morgan fingerprint density at radius 3 is 2.80 bits per heavy atom. The van der Waals surface area contributed by atoms with Crippen molar-refractivity contribution in [3.05, 3.63) is 18.2 Å². The Hall–Kier alpha value is -0.830. The summed E-state index contributed by atoms with van der Waals surface area (Å²) < 4.78 is 5.18. The van der Waals surface area contributed by atoms with E-state index in [0.29, 0.717) is 0 Å². The highest BCUT2D eigenvalue weighted by atomic mass is 32.2. The molecule has 0 aromatic heterocycles. The van der Waals surface area contributed by atoms with Gasteiger partial charge in [0.25, 0.3) is 0 Å². The van der Waals surface area contributed by atoms with Gasteiger partial charge in [-0.05, 0) is 18.1 Å². The molecule has 0 aliphatic rings. The first-order valence-corrected chi connectivity index (χ1v) is 6.22. The Bertz CT molecular complexity index is 314. The van der Waals surface area contributed by atoms with Crippen LogP contribution in [-0.4, -0.2) is 12.9 Å². The zero-order chi connectivity index (χ0) is 11.3. The number of anilines is 1. The number of hydrogen-bond donors (Lipinski definition) is 1. The summed E-state index contributed by atoms with van der Waals surface area (Å²) in [6.07, 6.45) is 1.21. The Morgan fingerprint density at radius 2 is 2.20 bits per heavy atom. The van der Waals surface area contributed by atoms with Gasteiger partial charge in [0, 0.05) is 10.6 Å². The predicted octanol–water partition coefficient (Wildman–Crippen LogP) is 3.42. The van der Waals surface area contributed by atoms with Crippen molar-refractivity contribution in [2.45, 2.75) is 25.2 Å². The van der Waals surface area contributed by atoms with E-state index >= 15 is 0 Å². The molecule has 1 aromatic carbocycles. The molecule has 0 radical (unpaired) electrons. The smallest absolute Gasteiger partial charge is 0.142 e. The number of rotatable bonds is 5. The fourth-order valence-corrected chi connectivity index (χ4v) is 2.31. The van der Waals surface area contributed by atoms with Gasteiger partial charge in [-0.25, -0.2) is 0 Å². The zero-order valence-electron chi connectivity index (χ0n) is 9.62. The van der Waals surface area contributed by atoms with Crippen LogP contribution in [0.3, 0.4) is 0 Å². The molecule has 0 bridgehead atoms. The summed E-state index contributed by atoms with van der Waals surface area (Å²) in [5.74, 6) is 2.60. The van der Waals surface area contributed by atoms with Crippen LogP contribution in [0.1, 0.15) is 20.3 Å². The first-order chi connectivity index (χ1) is 7.19. The second kappa shape index (κ2) is 5.91. The lowest BCUT2D eigenvalue weighted by atomic mass is 10.2. The molecule has 0 spiro atoms. The molecule has 0 aliphatic heterocycles. The number of methoxy groups -OCH3 is 1. The fourth-order valence-electron chi connectivity index (χ4n) is 1.18. The van der Waals surface area contributed by atoms with E-state index in [1.54, 1.807) is 18.9 Å². The van der Waals surface area contributed by atoms with Crippen LogP contribution in [0.5, 0.6) is 5.75 Å². The molecule has 15 heavy (non-hydrogen) atoms. The van der Waals surface area contributed by atoms with Crippen LogP contribution < -0.4 is 10.5 Å². The lowest BCUT2D eigenvalue weighted by Crippen LogP contribution is -1.98. The van der Waals surface area contributed by atoms with Gasteiger partial charge < -0.3 is 10.5 Å². The molecule has 84 valence electrons. The van der Waals surface area contributed by atoms with Crippen LogP contribution in [0, 0.1) is 5.92 Å². The minimum atomic E-state index is 0.723. The number of benzene rings is 1. The zero-order valence-corrected chi connectivity index (χ0v) is 10.4. The first-order valence-electron chi connectivity index (χ1n) is 5.24. The molecule has 0 saturated heterocycles. The van der Waals surface area contributed by atoms with Gasteiger partial charge in [-0.3, -0.25) is 0 Å². The van der Waals surface area contributed by atoms with E-state index in [1.807, 2.05) is 18.2 Å². The monoisotopic (exact) mass is 225 g/mol. The average Bonchev–Trinajstić information content (AvgIpc) is 2.27. The lowest BCUT2D eigenvalue weighted by Gasteiger charge is -2.11. The number of ether oxygens (including phenoxy) is 1. The van der Waals surface area contributed by atoms with Crippen LogP contribution >= 0.6 is 11.8 Å². The van der Waals surface area contributed by atoms with E-state index in [1.165, 1.54) is 6.42 Å².